The van der Waals surface area contributed by atoms with Crippen LogP contribution in [0.4, 0.5) is 23.2 Å². The lowest BCUT2D eigenvalue weighted by Gasteiger charge is -2.13. The molecular weight excluding hydrogens is 210 g/mol. The Balaban J connectivity index is 3.06. The summed E-state index contributed by atoms with van der Waals surface area (Å²) >= 11 is 0. The Labute approximate surface area is 85.1 Å². The molecule has 15 heavy (non-hydrogen) atoms. The average Bonchev–Trinajstić information content (AvgIpc) is 1.99. The summed E-state index contributed by atoms with van der Waals surface area (Å²) in [5.74, 6) is -0.895. The van der Waals surface area contributed by atoms with Crippen molar-refractivity contribution in [1.82, 2.24) is 0 Å². The van der Waals surface area contributed by atoms with Gasteiger partial charge >= 0.3 is 6.18 Å². The summed E-state index contributed by atoms with van der Waals surface area (Å²) in [7, 11) is 0. The molecule has 1 nitrogen and oxygen atoms in total. The monoisotopic (exact) mass is 221 g/mol. The van der Waals surface area contributed by atoms with Gasteiger partial charge in [-0.2, -0.15) is 13.2 Å². The predicted molar refractivity (Wildman–Crippen MR) is 50.2 cm³/mol. The third-order valence-corrected chi connectivity index (χ3v) is 1.68. The van der Waals surface area contributed by atoms with Crippen LogP contribution in [0.3, 0.4) is 0 Å². The van der Waals surface area contributed by atoms with Crippen LogP contribution in [-0.2, 0) is 6.18 Å². The molecule has 84 valence electrons. The van der Waals surface area contributed by atoms with Crippen molar-refractivity contribution in [2.24, 2.45) is 0 Å². The predicted octanol–water partition coefficient (Wildman–Crippen LogP) is 3.66. The first-order valence-electron chi connectivity index (χ1n) is 4.43. The van der Waals surface area contributed by atoms with E-state index in [9.17, 15) is 17.6 Å². The first-order chi connectivity index (χ1) is 6.79. The van der Waals surface area contributed by atoms with Gasteiger partial charge in [0.1, 0.15) is 5.82 Å². The van der Waals surface area contributed by atoms with Gasteiger partial charge in [-0.1, -0.05) is 0 Å². The number of benzene rings is 1. The molecule has 0 aliphatic carbocycles. The maximum atomic E-state index is 12.9. The van der Waals surface area contributed by atoms with Gasteiger partial charge in [-0.15, -0.1) is 0 Å². The normalized spacial score (nSPS) is 11.9. The van der Waals surface area contributed by atoms with Gasteiger partial charge in [0, 0.05) is 11.7 Å². The van der Waals surface area contributed by atoms with Crippen molar-refractivity contribution in [2.75, 3.05) is 5.32 Å². The second kappa shape index (κ2) is 4.08. The molecule has 5 heteroatoms. The molecule has 0 aromatic heterocycles. The van der Waals surface area contributed by atoms with Gasteiger partial charge in [-0.25, -0.2) is 4.39 Å². The fourth-order valence-corrected chi connectivity index (χ4v) is 1.17. The highest BCUT2D eigenvalue weighted by Crippen LogP contribution is 2.31. The van der Waals surface area contributed by atoms with Crippen molar-refractivity contribution in [3.05, 3.63) is 29.6 Å². The van der Waals surface area contributed by atoms with Crippen molar-refractivity contribution >= 4 is 5.69 Å². The summed E-state index contributed by atoms with van der Waals surface area (Å²) in [4.78, 5) is 0. The lowest BCUT2D eigenvalue weighted by molar-refractivity contribution is -0.137. The van der Waals surface area contributed by atoms with Crippen LogP contribution in [-0.4, -0.2) is 6.04 Å². The van der Waals surface area contributed by atoms with E-state index in [1.54, 1.807) is 13.8 Å². The van der Waals surface area contributed by atoms with Crippen LogP contribution < -0.4 is 5.32 Å². The first kappa shape index (κ1) is 11.8. The molecule has 1 rings (SSSR count). The Bertz CT molecular complexity index is 344. The minimum absolute atomic E-state index is 0.0483. The van der Waals surface area contributed by atoms with Gasteiger partial charge in [-0.3, -0.25) is 0 Å². The topological polar surface area (TPSA) is 12.0 Å². The van der Waals surface area contributed by atoms with E-state index in [1.807, 2.05) is 0 Å². The summed E-state index contributed by atoms with van der Waals surface area (Å²) in [5, 5.41) is 2.72. The van der Waals surface area contributed by atoms with Gasteiger partial charge in [-0.05, 0) is 32.0 Å². The van der Waals surface area contributed by atoms with Crippen LogP contribution in [0.1, 0.15) is 19.4 Å². The van der Waals surface area contributed by atoms with Crippen molar-refractivity contribution in [2.45, 2.75) is 26.1 Å². The van der Waals surface area contributed by atoms with Crippen molar-refractivity contribution in [1.29, 1.82) is 0 Å². The maximum Gasteiger partial charge on any atom is 0.416 e. The van der Waals surface area contributed by atoms with Crippen molar-refractivity contribution in [3.63, 3.8) is 0 Å². The number of halogens is 4. The molecule has 0 radical (unpaired) electrons. The molecule has 1 aromatic rings. The quantitative estimate of drug-likeness (QED) is 0.751. The third-order valence-electron chi connectivity index (χ3n) is 1.68. The summed E-state index contributed by atoms with van der Waals surface area (Å²) in [6, 6.07) is 2.36. The van der Waals surface area contributed by atoms with E-state index in [4.69, 9.17) is 0 Å². The number of anilines is 1. The van der Waals surface area contributed by atoms with Crippen LogP contribution in [0.15, 0.2) is 18.2 Å². The highest BCUT2D eigenvalue weighted by Gasteiger charge is 2.31. The average molecular weight is 221 g/mol. The first-order valence-corrected chi connectivity index (χ1v) is 4.43. The van der Waals surface area contributed by atoms with E-state index >= 15 is 0 Å². The van der Waals surface area contributed by atoms with E-state index in [0.717, 1.165) is 12.1 Å². The number of nitrogens with one attached hydrogen (secondary N) is 1. The molecule has 0 saturated carbocycles. The smallest absolute Gasteiger partial charge is 0.383 e. The summed E-state index contributed by atoms with van der Waals surface area (Å²) in [6.45, 7) is 3.52. The van der Waals surface area contributed by atoms with Gasteiger partial charge in [0.05, 0.1) is 5.56 Å². The fraction of sp³-hybridized carbons (Fsp3) is 0.400. The molecule has 0 heterocycles. The molecule has 0 saturated heterocycles. The van der Waals surface area contributed by atoms with Crippen LogP contribution in [0.2, 0.25) is 0 Å². The lowest BCUT2D eigenvalue weighted by atomic mass is 10.2. The van der Waals surface area contributed by atoms with E-state index < -0.39 is 17.6 Å². The van der Waals surface area contributed by atoms with Crippen LogP contribution >= 0.6 is 0 Å². The largest absolute Gasteiger partial charge is 0.416 e. The Kier molecular flexibility index (Phi) is 3.21. The van der Waals surface area contributed by atoms with Crippen molar-refractivity contribution in [3.8, 4) is 0 Å². The van der Waals surface area contributed by atoms with E-state index in [-0.39, 0.29) is 11.7 Å². The molecular formula is C10H11F4N. The molecule has 0 bridgehead atoms. The fourth-order valence-electron chi connectivity index (χ4n) is 1.17. The van der Waals surface area contributed by atoms with Crippen molar-refractivity contribution < 1.29 is 17.6 Å². The Morgan fingerprint density at radius 3 is 2.20 bits per heavy atom. The van der Waals surface area contributed by atoms with Gasteiger partial charge in [0.25, 0.3) is 0 Å². The van der Waals surface area contributed by atoms with Gasteiger partial charge < -0.3 is 5.32 Å². The Hall–Kier alpha value is -1.26. The highest BCUT2D eigenvalue weighted by molar-refractivity contribution is 5.47. The Morgan fingerprint density at radius 1 is 1.13 bits per heavy atom. The van der Waals surface area contributed by atoms with Crippen LogP contribution in [0, 0.1) is 5.82 Å². The zero-order chi connectivity index (χ0) is 11.6. The zero-order valence-corrected chi connectivity index (χ0v) is 8.32. The molecule has 0 spiro atoms. The molecule has 0 aliphatic heterocycles. The minimum Gasteiger partial charge on any atom is -0.383 e. The second-order valence-corrected chi connectivity index (χ2v) is 3.53. The summed E-state index contributed by atoms with van der Waals surface area (Å²) < 4.78 is 49.7. The molecule has 0 unspecified atom stereocenters. The lowest BCUT2D eigenvalue weighted by Crippen LogP contribution is -2.12. The zero-order valence-electron chi connectivity index (χ0n) is 8.32. The number of alkyl halides is 3. The molecule has 0 atom stereocenters. The molecule has 0 amide bonds. The summed E-state index contributed by atoms with van der Waals surface area (Å²) in [5.41, 5.74) is -0.844. The van der Waals surface area contributed by atoms with E-state index in [0.29, 0.717) is 6.07 Å². The third kappa shape index (κ3) is 3.42. The van der Waals surface area contributed by atoms with Crippen LogP contribution in [0.25, 0.3) is 0 Å². The summed E-state index contributed by atoms with van der Waals surface area (Å²) in [6.07, 6.45) is -4.52. The van der Waals surface area contributed by atoms with Gasteiger partial charge in [0.2, 0.25) is 0 Å². The molecule has 1 aromatic carbocycles. The highest BCUT2D eigenvalue weighted by atomic mass is 19.4. The van der Waals surface area contributed by atoms with E-state index in [1.165, 1.54) is 0 Å². The Morgan fingerprint density at radius 2 is 1.73 bits per heavy atom. The number of hydrogen-bond acceptors (Lipinski definition) is 1. The standard InChI is InChI=1S/C10H11F4N/c1-6(2)15-9-4-7(10(12,13)14)3-8(11)5-9/h3-6,15H,1-2H3. The number of hydrogen-bond donors (Lipinski definition) is 1. The second-order valence-electron chi connectivity index (χ2n) is 3.53. The minimum atomic E-state index is -4.52. The van der Waals surface area contributed by atoms with Gasteiger partial charge in [0.15, 0.2) is 0 Å². The molecule has 1 N–H and O–H groups in total. The number of rotatable bonds is 2. The molecule has 0 aliphatic rings. The van der Waals surface area contributed by atoms with E-state index in [2.05, 4.69) is 5.32 Å². The maximum absolute atomic E-state index is 12.9. The van der Waals surface area contributed by atoms with Crippen LogP contribution in [0.5, 0.6) is 0 Å². The SMILES string of the molecule is CC(C)Nc1cc(F)cc(C(F)(F)F)c1. The molecule has 0 fully saturated rings.